The lowest BCUT2D eigenvalue weighted by molar-refractivity contribution is 0.378. The second kappa shape index (κ2) is 4.36. The predicted octanol–water partition coefficient (Wildman–Crippen LogP) is 4.14. The first-order chi connectivity index (χ1) is 7.46. The molecule has 1 aromatic heterocycles. The summed E-state index contributed by atoms with van der Waals surface area (Å²) in [5, 5.41) is 3.53. The second-order valence-corrected chi connectivity index (χ2v) is 6.45. The molecule has 1 N–H and O–H groups in total. The first-order valence-electron chi connectivity index (χ1n) is 5.85. The van der Waals surface area contributed by atoms with Gasteiger partial charge in [-0.1, -0.05) is 13.8 Å². The number of pyridine rings is 1. The van der Waals surface area contributed by atoms with Gasteiger partial charge in [0.15, 0.2) is 0 Å². The fourth-order valence-electron chi connectivity index (χ4n) is 2.39. The fourth-order valence-corrected chi connectivity index (χ4v) is 2.97. The number of hydrogen-bond acceptors (Lipinski definition) is 2. The largest absolute Gasteiger partial charge is 0.366 e. The van der Waals surface area contributed by atoms with Gasteiger partial charge in [0.25, 0.3) is 0 Å². The number of hydrogen-bond donors (Lipinski definition) is 1. The van der Waals surface area contributed by atoms with Crippen LogP contribution in [0.4, 0.5) is 5.82 Å². The maximum absolute atomic E-state index is 4.43. The van der Waals surface area contributed by atoms with Crippen LogP contribution in [0.3, 0.4) is 0 Å². The van der Waals surface area contributed by atoms with Gasteiger partial charge in [-0.2, -0.15) is 0 Å². The summed E-state index contributed by atoms with van der Waals surface area (Å²) in [4.78, 5) is 4.43. The fraction of sp³-hybridized carbons (Fsp3) is 0.615. The average molecular weight is 283 g/mol. The van der Waals surface area contributed by atoms with Gasteiger partial charge in [0, 0.05) is 12.2 Å². The van der Waals surface area contributed by atoms with Gasteiger partial charge in [0.2, 0.25) is 0 Å². The first-order valence-corrected chi connectivity index (χ1v) is 6.64. The van der Waals surface area contributed by atoms with Gasteiger partial charge in [-0.3, -0.25) is 0 Å². The summed E-state index contributed by atoms with van der Waals surface area (Å²) >= 11 is 3.56. The SMILES string of the molecule is Cc1cnc(NC2CCC(C)(C)C2)c(Br)c1. The van der Waals surface area contributed by atoms with Crippen LogP contribution < -0.4 is 5.32 Å². The molecule has 16 heavy (non-hydrogen) atoms. The van der Waals surface area contributed by atoms with E-state index in [4.69, 9.17) is 0 Å². The summed E-state index contributed by atoms with van der Waals surface area (Å²) in [6.07, 6.45) is 5.69. The number of nitrogens with zero attached hydrogens (tertiary/aromatic N) is 1. The highest BCUT2D eigenvalue weighted by Gasteiger charge is 2.31. The lowest BCUT2D eigenvalue weighted by Crippen LogP contribution is -2.18. The molecule has 1 unspecified atom stereocenters. The first kappa shape index (κ1) is 11.9. The molecular weight excluding hydrogens is 264 g/mol. The second-order valence-electron chi connectivity index (χ2n) is 5.59. The van der Waals surface area contributed by atoms with Crippen molar-refractivity contribution in [3.8, 4) is 0 Å². The predicted molar refractivity (Wildman–Crippen MR) is 71.7 cm³/mol. The average Bonchev–Trinajstić information content (AvgIpc) is 2.51. The van der Waals surface area contributed by atoms with Crippen LogP contribution in [-0.4, -0.2) is 11.0 Å². The van der Waals surface area contributed by atoms with Crippen molar-refractivity contribution >= 4 is 21.7 Å². The highest BCUT2D eigenvalue weighted by molar-refractivity contribution is 9.10. The third kappa shape index (κ3) is 2.76. The molecule has 1 aromatic rings. The zero-order valence-electron chi connectivity index (χ0n) is 10.2. The molecule has 0 amide bonds. The molecule has 2 rings (SSSR count). The number of nitrogens with one attached hydrogen (secondary N) is 1. The Kier molecular flexibility index (Phi) is 3.24. The van der Waals surface area contributed by atoms with Gasteiger partial charge in [0.1, 0.15) is 5.82 Å². The van der Waals surface area contributed by atoms with E-state index < -0.39 is 0 Å². The molecule has 0 aliphatic heterocycles. The van der Waals surface area contributed by atoms with Crippen molar-refractivity contribution in [1.29, 1.82) is 0 Å². The van der Waals surface area contributed by atoms with E-state index in [1.165, 1.54) is 24.8 Å². The van der Waals surface area contributed by atoms with Gasteiger partial charge in [0.05, 0.1) is 4.47 Å². The third-order valence-electron chi connectivity index (χ3n) is 3.29. The molecule has 2 nitrogen and oxygen atoms in total. The Labute approximate surface area is 106 Å². The van der Waals surface area contributed by atoms with Crippen molar-refractivity contribution in [2.24, 2.45) is 5.41 Å². The molecule has 0 bridgehead atoms. The molecule has 0 aromatic carbocycles. The molecule has 1 heterocycles. The Bertz CT molecular complexity index is 388. The molecule has 0 radical (unpaired) electrons. The molecule has 0 spiro atoms. The molecular formula is C13H19BrN2. The Morgan fingerprint density at radius 3 is 2.81 bits per heavy atom. The smallest absolute Gasteiger partial charge is 0.140 e. The summed E-state index contributed by atoms with van der Waals surface area (Å²) in [6.45, 7) is 6.73. The highest BCUT2D eigenvalue weighted by Crippen LogP contribution is 2.38. The van der Waals surface area contributed by atoms with E-state index in [-0.39, 0.29) is 0 Å². The molecule has 3 heteroatoms. The van der Waals surface area contributed by atoms with Crippen molar-refractivity contribution in [2.75, 3.05) is 5.32 Å². The zero-order chi connectivity index (χ0) is 11.8. The molecule has 1 aliphatic rings. The Morgan fingerprint density at radius 1 is 1.50 bits per heavy atom. The maximum atomic E-state index is 4.43. The standard InChI is InChI=1S/C13H19BrN2/c1-9-6-11(14)12(15-8-9)16-10-4-5-13(2,3)7-10/h6,8,10H,4-5,7H2,1-3H3,(H,15,16). The van der Waals surface area contributed by atoms with E-state index in [0.29, 0.717) is 11.5 Å². The monoisotopic (exact) mass is 282 g/mol. The Morgan fingerprint density at radius 2 is 2.25 bits per heavy atom. The van der Waals surface area contributed by atoms with Crippen LogP contribution in [-0.2, 0) is 0 Å². The van der Waals surface area contributed by atoms with Crippen LogP contribution >= 0.6 is 15.9 Å². The normalized spacial score (nSPS) is 23.4. The van der Waals surface area contributed by atoms with E-state index in [1.807, 2.05) is 6.20 Å². The number of aromatic nitrogens is 1. The molecule has 1 aliphatic carbocycles. The van der Waals surface area contributed by atoms with E-state index in [2.05, 4.69) is 53.1 Å². The van der Waals surface area contributed by atoms with Crippen molar-refractivity contribution in [3.05, 3.63) is 22.3 Å². The summed E-state index contributed by atoms with van der Waals surface area (Å²) < 4.78 is 1.07. The topological polar surface area (TPSA) is 24.9 Å². The van der Waals surface area contributed by atoms with E-state index >= 15 is 0 Å². The molecule has 88 valence electrons. The highest BCUT2D eigenvalue weighted by atomic mass is 79.9. The Hall–Kier alpha value is -0.570. The van der Waals surface area contributed by atoms with Crippen LogP contribution in [0.2, 0.25) is 0 Å². The molecule has 1 saturated carbocycles. The number of aryl methyl sites for hydroxylation is 1. The molecule has 0 saturated heterocycles. The number of halogens is 1. The van der Waals surface area contributed by atoms with Crippen LogP contribution in [0.1, 0.15) is 38.7 Å². The minimum absolute atomic E-state index is 0.481. The van der Waals surface area contributed by atoms with Crippen LogP contribution in [0.5, 0.6) is 0 Å². The Balaban J connectivity index is 2.05. The molecule has 1 fully saturated rings. The van der Waals surface area contributed by atoms with Gasteiger partial charge >= 0.3 is 0 Å². The van der Waals surface area contributed by atoms with Crippen LogP contribution in [0, 0.1) is 12.3 Å². The van der Waals surface area contributed by atoms with Gasteiger partial charge < -0.3 is 5.32 Å². The minimum Gasteiger partial charge on any atom is -0.366 e. The van der Waals surface area contributed by atoms with Gasteiger partial charge in [-0.15, -0.1) is 0 Å². The van der Waals surface area contributed by atoms with Crippen LogP contribution in [0.15, 0.2) is 16.7 Å². The summed E-state index contributed by atoms with van der Waals surface area (Å²) in [5.41, 5.74) is 1.67. The molecule has 1 atom stereocenters. The van der Waals surface area contributed by atoms with Crippen molar-refractivity contribution in [1.82, 2.24) is 4.98 Å². The van der Waals surface area contributed by atoms with Gasteiger partial charge in [-0.05, 0) is 59.2 Å². The van der Waals surface area contributed by atoms with Crippen molar-refractivity contribution < 1.29 is 0 Å². The lowest BCUT2D eigenvalue weighted by atomic mass is 9.92. The van der Waals surface area contributed by atoms with E-state index in [9.17, 15) is 0 Å². The van der Waals surface area contributed by atoms with Crippen LogP contribution in [0.25, 0.3) is 0 Å². The van der Waals surface area contributed by atoms with Crippen molar-refractivity contribution in [2.45, 2.75) is 46.1 Å². The third-order valence-corrected chi connectivity index (χ3v) is 3.89. The number of rotatable bonds is 2. The summed E-state index contributed by atoms with van der Waals surface area (Å²) in [5.74, 6) is 0.980. The van der Waals surface area contributed by atoms with Gasteiger partial charge in [-0.25, -0.2) is 4.98 Å². The zero-order valence-corrected chi connectivity index (χ0v) is 11.8. The van der Waals surface area contributed by atoms with E-state index in [0.717, 1.165) is 10.3 Å². The summed E-state index contributed by atoms with van der Waals surface area (Å²) in [6, 6.07) is 2.68. The maximum Gasteiger partial charge on any atom is 0.140 e. The quantitative estimate of drug-likeness (QED) is 0.882. The van der Waals surface area contributed by atoms with E-state index in [1.54, 1.807) is 0 Å². The summed E-state index contributed by atoms with van der Waals surface area (Å²) in [7, 11) is 0. The lowest BCUT2D eigenvalue weighted by Gasteiger charge is -2.18. The number of anilines is 1. The minimum atomic E-state index is 0.481. The van der Waals surface area contributed by atoms with Crippen molar-refractivity contribution in [3.63, 3.8) is 0 Å².